The topological polar surface area (TPSA) is 0 Å². The van der Waals surface area contributed by atoms with Crippen LogP contribution in [0.25, 0.3) is 0 Å². The molecule has 0 atom stereocenters. The maximum absolute atomic E-state index is 13.3. The molecule has 152 valence electrons. The first-order valence-electron chi connectivity index (χ1n) is 5.77. The first-order chi connectivity index (χ1) is 11.0. The van der Waals surface area contributed by atoms with Gasteiger partial charge in [0.2, 0.25) is 0 Å². The molecule has 26 heavy (non-hydrogen) atoms. The van der Waals surface area contributed by atoms with Gasteiger partial charge in [0.1, 0.15) is 0 Å². The van der Waals surface area contributed by atoms with Crippen molar-refractivity contribution in [1.29, 1.82) is 0 Å². The maximum Gasteiger partial charge on any atom is 0.382 e. The third kappa shape index (κ3) is 1.63. The van der Waals surface area contributed by atoms with Crippen LogP contribution < -0.4 is 0 Å². The number of alkyl halides is 16. The van der Waals surface area contributed by atoms with E-state index in [-0.39, 0.29) is 0 Å². The van der Waals surface area contributed by atoms with Gasteiger partial charge in [0.15, 0.2) is 0 Å². The van der Waals surface area contributed by atoms with E-state index >= 15 is 0 Å². The highest BCUT2D eigenvalue weighted by Crippen LogP contribution is 2.73. The molecule has 0 heterocycles. The normalized spacial score (nSPS) is 34.2. The van der Waals surface area contributed by atoms with Crippen LogP contribution in [0.4, 0.5) is 70.2 Å². The summed E-state index contributed by atoms with van der Waals surface area (Å²) in [7, 11) is 0. The van der Waals surface area contributed by atoms with E-state index in [4.69, 9.17) is 0 Å². The maximum atomic E-state index is 13.3. The second-order valence-corrected chi connectivity index (χ2v) is 5.35. The molecule has 0 aromatic rings. The molecule has 2 aliphatic rings. The summed E-state index contributed by atoms with van der Waals surface area (Å²) >= 11 is 0. The molecular weight excluding hydrogens is 424 g/mol. The van der Waals surface area contributed by atoms with E-state index in [0.29, 0.717) is 0 Å². The number of allylic oxidation sites excluding steroid dienone is 2. The summed E-state index contributed by atoms with van der Waals surface area (Å²) in [5, 5.41) is 0. The van der Waals surface area contributed by atoms with E-state index in [1.807, 2.05) is 0 Å². The van der Waals surface area contributed by atoms with Gasteiger partial charge in [0.25, 0.3) is 0 Å². The van der Waals surface area contributed by atoms with Gasteiger partial charge in [-0.25, -0.2) is 0 Å². The van der Waals surface area contributed by atoms with Crippen LogP contribution in [0, 0.1) is 0 Å². The van der Waals surface area contributed by atoms with Crippen molar-refractivity contribution in [2.24, 2.45) is 0 Å². The number of hydrogen-bond donors (Lipinski definition) is 0. The van der Waals surface area contributed by atoms with Gasteiger partial charge >= 0.3 is 47.4 Å². The van der Waals surface area contributed by atoms with Crippen molar-refractivity contribution >= 4 is 0 Å². The highest BCUT2D eigenvalue weighted by Gasteiger charge is 2.98. The third-order valence-electron chi connectivity index (χ3n) is 3.87. The minimum Gasteiger partial charge on any atom is -0.194 e. The minimum absolute atomic E-state index is 4.88. The smallest absolute Gasteiger partial charge is 0.194 e. The number of halogens is 16. The van der Waals surface area contributed by atoms with Crippen LogP contribution in [0.1, 0.15) is 0 Å². The fourth-order valence-corrected chi connectivity index (χ4v) is 2.44. The summed E-state index contributed by atoms with van der Waals surface area (Å²) in [6.45, 7) is 0. The van der Waals surface area contributed by atoms with Crippen molar-refractivity contribution in [1.82, 2.24) is 0 Å². The van der Waals surface area contributed by atoms with Crippen LogP contribution in [-0.2, 0) is 0 Å². The highest BCUT2D eigenvalue weighted by molar-refractivity contribution is 5.51. The predicted molar refractivity (Wildman–Crippen MR) is 46.6 cm³/mol. The Morgan fingerprint density at radius 1 is 0.269 bits per heavy atom. The van der Waals surface area contributed by atoms with E-state index in [9.17, 15) is 70.2 Å². The Bertz CT molecular complexity index is 565. The van der Waals surface area contributed by atoms with E-state index in [0.717, 1.165) is 0 Å². The Labute approximate surface area is 130 Å². The largest absolute Gasteiger partial charge is 0.382 e. The molecule has 0 spiro atoms. The summed E-state index contributed by atoms with van der Waals surface area (Å²) in [5.74, 6) is -58.5. The molecule has 0 saturated heterocycles. The second-order valence-electron chi connectivity index (χ2n) is 5.35. The second kappa shape index (κ2) is 4.36. The minimum atomic E-state index is -7.34. The first-order valence-corrected chi connectivity index (χ1v) is 5.77. The Morgan fingerprint density at radius 3 is 0.500 bits per heavy atom. The van der Waals surface area contributed by atoms with Gasteiger partial charge in [0.05, 0.1) is 11.1 Å². The van der Waals surface area contributed by atoms with Crippen LogP contribution in [-0.4, -0.2) is 47.4 Å². The van der Waals surface area contributed by atoms with Crippen LogP contribution in [0.5, 0.6) is 0 Å². The fraction of sp³-hybridized carbons (Fsp3) is 0.800. The molecule has 2 saturated carbocycles. The molecule has 0 unspecified atom stereocenters. The van der Waals surface area contributed by atoms with Gasteiger partial charge in [-0.05, 0) is 0 Å². The first kappa shape index (κ1) is 20.9. The molecule has 0 amide bonds. The van der Waals surface area contributed by atoms with E-state index in [1.165, 1.54) is 0 Å². The average molecular weight is 424 g/mol. The third-order valence-corrected chi connectivity index (χ3v) is 3.87. The summed E-state index contributed by atoms with van der Waals surface area (Å²) in [5.41, 5.74) is -9.77. The lowest BCUT2D eigenvalue weighted by molar-refractivity contribution is -0.303. The summed E-state index contributed by atoms with van der Waals surface area (Å²) in [6.07, 6.45) is 0. The molecule has 16 heteroatoms. The summed E-state index contributed by atoms with van der Waals surface area (Å²) in [4.78, 5) is 0. The lowest BCUT2D eigenvalue weighted by Gasteiger charge is -2.24. The fourth-order valence-electron chi connectivity index (χ4n) is 2.44. The summed E-state index contributed by atoms with van der Waals surface area (Å²) < 4.78 is 210. The van der Waals surface area contributed by atoms with E-state index < -0.39 is 58.5 Å². The molecular formula is C10F16. The SMILES string of the molecule is FC1(F)C(=C2C(F)(F)C(F)(F)C(F)(F)C2(F)F)C(F)(F)C(F)(F)C1(F)F. The Kier molecular flexibility index (Phi) is 3.51. The van der Waals surface area contributed by atoms with E-state index in [2.05, 4.69) is 0 Å². The molecule has 0 nitrogen and oxygen atoms in total. The van der Waals surface area contributed by atoms with Crippen molar-refractivity contribution < 1.29 is 70.2 Å². The van der Waals surface area contributed by atoms with Crippen molar-refractivity contribution in [3.8, 4) is 0 Å². The van der Waals surface area contributed by atoms with Gasteiger partial charge < -0.3 is 0 Å². The zero-order valence-electron chi connectivity index (χ0n) is 11.0. The molecule has 0 aromatic carbocycles. The van der Waals surface area contributed by atoms with Gasteiger partial charge in [-0.3, -0.25) is 0 Å². The van der Waals surface area contributed by atoms with Crippen LogP contribution in [0.15, 0.2) is 11.1 Å². The Hall–Kier alpha value is -1.38. The Morgan fingerprint density at radius 2 is 0.385 bits per heavy atom. The molecule has 0 aromatic heterocycles. The number of rotatable bonds is 0. The monoisotopic (exact) mass is 424 g/mol. The zero-order valence-corrected chi connectivity index (χ0v) is 11.0. The number of hydrogen-bond acceptors (Lipinski definition) is 0. The van der Waals surface area contributed by atoms with Gasteiger partial charge in [-0.1, -0.05) is 0 Å². The van der Waals surface area contributed by atoms with Crippen LogP contribution in [0.3, 0.4) is 0 Å². The standard InChI is InChI=1S/C10F16/c11-3(12)1(4(13,14)8(21,22)7(3,19)20)2-5(15,16)9(23,24)10(25,26)6(2,17)18. The molecule has 0 radical (unpaired) electrons. The lowest BCUT2D eigenvalue weighted by Crippen LogP contribution is -2.51. The van der Waals surface area contributed by atoms with Gasteiger partial charge in [0, 0.05) is 0 Å². The molecule has 2 fully saturated rings. The molecule has 2 rings (SSSR count). The van der Waals surface area contributed by atoms with Gasteiger partial charge in [-0.15, -0.1) is 0 Å². The van der Waals surface area contributed by atoms with Gasteiger partial charge in [-0.2, -0.15) is 70.2 Å². The van der Waals surface area contributed by atoms with Crippen LogP contribution >= 0.6 is 0 Å². The van der Waals surface area contributed by atoms with Crippen molar-refractivity contribution in [2.75, 3.05) is 0 Å². The zero-order chi connectivity index (χ0) is 21.2. The molecule has 0 bridgehead atoms. The molecule has 0 N–H and O–H groups in total. The highest BCUT2D eigenvalue weighted by atomic mass is 19.4. The van der Waals surface area contributed by atoms with Crippen LogP contribution in [0.2, 0.25) is 0 Å². The summed E-state index contributed by atoms with van der Waals surface area (Å²) in [6, 6.07) is 0. The van der Waals surface area contributed by atoms with E-state index in [1.54, 1.807) is 0 Å². The Balaban J connectivity index is 3.10. The molecule has 2 aliphatic carbocycles. The van der Waals surface area contributed by atoms with Crippen molar-refractivity contribution in [3.05, 3.63) is 11.1 Å². The predicted octanol–water partition coefficient (Wildman–Crippen LogP) is 5.39. The molecule has 0 aliphatic heterocycles. The average Bonchev–Trinajstić information content (AvgIpc) is 2.51. The van der Waals surface area contributed by atoms with Crippen molar-refractivity contribution in [2.45, 2.75) is 47.4 Å². The van der Waals surface area contributed by atoms with Crippen molar-refractivity contribution in [3.63, 3.8) is 0 Å². The quantitative estimate of drug-likeness (QED) is 0.362. The lowest BCUT2D eigenvalue weighted by atomic mass is 9.96.